The Balaban J connectivity index is 2.20. The van der Waals surface area contributed by atoms with E-state index in [-0.39, 0.29) is 38.2 Å². The van der Waals surface area contributed by atoms with Crippen LogP contribution in [0.4, 0.5) is 30.7 Å². The van der Waals surface area contributed by atoms with Crippen LogP contribution in [-0.4, -0.2) is 18.1 Å². The lowest BCUT2D eigenvalue weighted by Gasteiger charge is -2.18. The lowest BCUT2D eigenvalue weighted by molar-refractivity contribution is -0.152. The van der Waals surface area contributed by atoms with Crippen LogP contribution in [0.15, 0.2) is 36.4 Å². The van der Waals surface area contributed by atoms with Gasteiger partial charge in [-0.3, -0.25) is 4.79 Å². The van der Waals surface area contributed by atoms with Crippen LogP contribution in [0, 0.1) is 5.82 Å². The Bertz CT molecular complexity index is 990. The third-order valence-corrected chi connectivity index (χ3v) is 5.54. The van der Waals surface area contributed by atoms with E-state index in [1.54, 1.807) is 0 Å². The smallest absolute Gasteiger partial charge is 0.299 e. The fourth-order valence-electron chi connectivity index (χ4n) is 2.83. The second-order valence-corrected chi connectivity index (χ2v) is 8.05. The summed E-state index contributed by atoms with van der Waals surface area (Å²) in [7, 11) is 0. The lowest BCUT2D eigenvalue weighted by Crippen LogP contribution is -2.19. The van der Waals surface area contributed by atoms with Crippen LogP contribution in [0.1, 0.15) is 35.4 Å². The Kier molecular flexibility index (Phi) is 8.64. The maximum atomic E-state index is 14.2. The number of rotatable bonds is 7. The van der Waals surface area contributed by atoms with Gasteiger partial charge in [0.2, 0.25) is 0 Å². The van der Waals surface area contributed by atoms with Gasteiger partial charge in [-0.1, -0.05) is 59.1 Å². The average Bonchev–Trinajstić information content (AvgIpc) is 2.63. The molecular formula is C21H14Cl3F7O. The Labute approximate surface area is 193 Å². The molecule has 0 N–H and O–H groups in total. The summed E-state index contributed by atoms with van der Waals surface area (Å²) in [6.07, 6.45) is -9.91. The van der Waals surface area contributed by atoms with Crippen LogP contribution in [0.25, 0.3) is 6.08 Å². The van der Waals surface area contributed by atoms with Crippen molar-refractivity contribution >= 4 is 46.7 Å². The summed E-state index contributed by atoms with van der Waals surface area (Å²) < 4.78 is 91.4. The largest absolute Gasteiger partial charge is 0.399 e. The highest BCUT2D eigenvalue weighted by molar-refractivity contribution is 6.48. The molecule has 2 rings (SSSR count). The van der Waals surface area contributed by atoms with Gasteiger partial charge in [0, 0.05) is 6.42 Å². The zero-order chi connectivity index (χ0) is 24.3. The number of Topliss-reactive ketones (excluding diaryl/α,β-unsaturated/α-hetero) is 1. The minimum Gasteiger partial charge on any atom is -0.299 e. The summed E-state index contributed by atoms with van der Waals surface area (Å²) in [5.41, 5.74) is -0.219. The summed E-state index contributed by atoms with van der Waals surface area (Å²) >= 11 is 17.4. The van der Waals surface area contributed by atoms with E-state index in [0.717, 1.165) is 30.4 Å². The number of alkyl halides is 6. The van der Waals surface area contributed by atoms with Crippen LogP contribution < -0.4 is 0 Å². The molecule has 174 valence electrons. The number of ketones is 1. The van der Waals surface area contributed by atoms with E-state index in [0.29, 0.717) is 0 Å². The highest BCUT2D eigenvalue weighted by Gasteiger charge is 2.39. The van der Waals surface area contributed by atoms with E-state index < -0.39 is 42.7 Å². The first-order chi connectivity index (χ1) is 14.7. The molecule has 11 heteroatoms. The molecule has 1 unspecified atom stereocenters. The number of allylic oxidation sites excluding steroid dienone is 1. The van der Waals surface area contributed by atoms with E-state index in [1.165, 1.54) is 12.1 Å². The molecule has 0 aliphatic rings. The molecule has 2 aromatic rings. The summed E-state index contributed by atoms with van der Waals surface area (Å²) in [5.74, 6) is -4.06. The van der Waals surface area contributed by atoms with Crippen LogP contribution in [0.5, 0.6) is 0 Å². The molecule has 2 aromatic carbocycles. The lowest BCUT2D eigenvalue weighted by atomic mass is 9.96. The second kappa shape index (κ2) is 10.4. The molecule has 1 atom stereocenters. The third-order valence-electron chi connectivity index (χ3n) is 4.35. The third kappa shape index (κ3) is 7.67. The van der Waals surface area contributed by atoms with Gasteiger partial charge in [-0.15, -0.1) is 0 Å². The minimum atomic E-state index is -4.71. The molecule has 0 saturated carbocycles. The van der Waals surface area contributed by atoms with Crippen LogP contribution in [0.3, 0.4) is 0 Å². The SMILES string of the molecule is O=C(CCc1ccc(/C=C/C(c2cc(Cl)c(Cl)c(Cl)c2)C(F)(F)F)cc1F)CC(F)(F)F. The Morgan fingerprint density at radius 1 is 0.969 bits per heavy atom. The van der Waals surface area contributed by atoms with Gasteiger partial charge in [-0.2, -0.15) is 26.3 Å². The van der Waals surface area contributed by atoms with Gasteiger partial charge in [-0.05, 0) is 41.3 Å². The first-order valence-electron chi connectivity index (χ1n) is 8.93. The first kappa shape index (κ1) is 26.5. The summed E-state index contributed by atoms with van der Waals surface area (Å²) in [5, 5.41) is -0.409. The molecule has 1 nitrogen and oxygen atoms in total. The van der Waals surface area contributed by atoms with Crippen molar-refractivity contribution in [2.24, 2.45) is 0 Å². The number of aryl methyl sites for hydroxylation is 1. The minimum absolute atomic E-state index is 0.0266. The van der Waals surface area contributed by atoms with Gasteiger partial charge in [-0.25, -0.2) is 4.39 Å². The van der Waals surface area contributed by atoms with Crippen molar-refractivity contribution in [1.82, 2.24) is 0 Å². The number of carbonyl (C=O) groups is 1. The Morgan fingerprint density at radius 3 is 2.06 bits per heavy atom. The number of hydrogen-bond acceptors (Lipinski definition) is 1. The van der Waals surface area contributed by atoms with E-state index >= 15 is 0 Å². The van der Waals surface area contributed by atoms with Gasteiger partial charge >= 0.3 is 12.4 Å². The van der Waals surface area contributed by atoms with Crippen LogP contribution >= 0.6 is 34.8 Å². The van der Waals surface area contributed by atoms with Gasteiger partial charge in [0.05, 0.1) is 21.0 Å². The summed E-state index contributed by atoms with van der Waals surface area (Å²) in [6.45, 7) is 0. The van der Waals surface area contributed by atoms with E-state index in [4.69, 9.17) is 34.8 Å². The standard InChI is InChI=1S/C21H14Cl3F7O/c22-16-8-13(9-17(23)19(16)24)15(21(29,30)31)6-2-11-1-3-12(18(25)7-11)4-5-14(32)10-20(26,27)28/h1-3,6-9,15H,4-5,10H2/b6-2+. The van der Waals surface area contributed by atoms with Crippen molar-refractivity contribution < 1.29 is 35.5 Å². The average molecular weight is 522 g/mol. The maximum absolute atomic E-state index is 14.2. The summed E-state index contributed by atoms with van der Waals surface area (Å²) in [6, 6.07) is 5.47. The molecular weight excluding hydrogens is 508 g/mol. The number of halogens is 10. The zero-order valence-corrected chi connectivity index (χ0v) is 18.2. The molecule has 32 heavy (non-hydrogen) atoms. The van der Waals surface area contributed by atoms with Crippen molar-refractivity contribution in [3.63, 3.8) is 0 Å². The van der Waals surface area contributed by atoms with Crippen molar-refractivity contribution in [1.29, 1.82) is 0 Å². The second-order valence-electron chi connectivity index (χ2n) is 6.86. The predicted molar refractivity (Wildman–Crippen MR) is 110 cm³/mol. The maximum Gasteiger partial charge on any atom is 0.399 e. The van der Waals surface area contributed by atoms with Crippen molar-refractivity contribution in [3.05, 3.63) is 74.0 Å². The van der Waals surface area contributed by atoms with Crippen LogP contribution in [0.2, 0.25) is 15.1 Å². The number of hydrogen-bond donors (Lipinski definition) is 0. The molecule has 0 aliphatic heterocycles. The monoisotopic (exact) mass is 520 g/mol. The molecule has 0 aliphatic carbocycles. The summed E-state index contributed by atoms with van der Waals surface area (Å²) in [4.78, 5) is 11.3. The van der Waals surface area contributed by atoms with E-state index in [2.05, 4.69) is 0 Å². The highest BCUT2D eigenvalue weighted by atomic mass is 35.5. The molecule has 0 saturated heterocycles. The van der Waals surface area contributed by atoms with Crippen LogP contribution in [-0.2, 0) is 11.2 Å². The fraction of sp³-hybridized carbons (Fsp3) is 0.286. The zero-order valence-electron chi connectivity index (χ0n) is 15.9. The van der Waals surface area contributed by atoms with E-state index in [9.17, 15) is 35.5 Å². The number of benzene rings is 2. The van der Waals surface area contributed by atoms with Gasteiger partial charge in [0.25, 0.3) is 0 Å². The van der Waals surface area contributed by atoms with E-state index in [1.807, 2.05) is 0 Å². The molecule has 0 spiro atoms. The van der Waals surface area contributed by atoms with Crippen molar-refractivity contribution in [3.8, 4) is 0 Å². The number of carbonyl (C=O) groups excluding carboxylic acids is 1. The predicted octanol–water partition coefficient (Wildman–Crippen LogP) is 8.60. The molecule has 0 heterocycles. The molecule has 0 bridgehead atoms. The molecule has 0 amide bonds. The Hall–Kier alpha value is -1.77. The molecule has 0 radical (unpaired) electrons. The van der Waals surface area contributed by atoms with Gasteiger partial charge < -0.3 is 0 Å². The van der Waals surface area contributed by atoms with Gasteiger partial charge in [0.15, 0.2) is 0 Å². The highest BCUT2D eigenvalue weighted by Crippen LogP contribution is 2.41. The van der Waals surface area contributed by atoms with Crippen molar-refractivity contribution in [2.45, 2.75) is 37.5 Å². The molecule has 0 fully saturated rings. The quantitative estimate of drug-likeness (QED) is 0.263. The Morgan fingerprint density at radius 2 is 1.56 bits per heavy atom. The van der Waals surface area contributed by atoms with Gasteiger partial charge in [0.1, 0.15) is 18.0 Å². The fourth-order valence-corrected chi connectivity index (χ4v) is 3.44. The molecule has 0 aromatic heterocycles. The van der Waals surface area contributed by atoms with Crippen molar-refractivity contribution in [2.75, 3.05) is 0 Å². The first-order valence-corrected chi connectivity index (χ1v) is 10.1. The topological polar surface area (TPSA) is 17.1 Å². The normalized spacial score (nSPS) is 13.6.